The van der Waals surface area contributed by atoms with Crippen LogP contribution in [0.2, 0.25) is 0 Å². The van der Waals surface area contributed by atoms with Gasteiger partial charge < -0.3 is 14.8 Å². The average Bonchev–Trinajstić information content (AvgIpc) is 2.58. The smallest absolute Gasteiger partial charge is 0.226 e. The third-order valence-corrected chi connectivity index (χ3v) is 3.32. The van der Waals surface area contributed by atoms with Crippen molar-refractivity contribution in [2.24, 2.45) is 0 Å². The van der Waals surface area contributed by atoms with Gasteiger partial charge in [-0.3, -0.25) is 0 Å². The maximum absolute atomic E-state index is 5.42. The van der Waals surface area contributed by atoms with Crippen LogP contribution in [0, 0.1) is 6.92 Å². The number of aryl methyl sites for hydroxylation is 1. The van der Waals surface area contributed by atoms with Crippen molar-refractivity contribution >= 4 is 16.7 Å². The van der Waals surface area contributed by atoms with Crippen molar-refractivity contribution in [2.45, 2.75) is 47.0 Å². The zero-order valence-corrected chi connectivity index (χ0v) is 15.9. The van der Waals surface area contributed by atoms with Crippen molar-refractivity contribution in [1.82, 2.24) is 15.0 Å². The summed E-state index contributed by atoms with van der Waals surface area (Å²) >= 11 is 0. The second-order valence-corrected chi connectivity index (χ2v) is 5.53. The standard InChI is InChI=1S/C16H24N4O2.C2H6/c1-10(2)14-19-12-9-11(3)18-16(22-5)13(12)15(20-14)17-7-6-8-21-4;1-2/h9-10H,6-8H2,1-5H3,(H,17,19,20);1-2H3. The van der Waals surface area contributed by atoms with Gasteiger partial charge in [0.15, 0.2) is 0 Å². The number of rotatable bonds is 7. The first-order valence-electron chi connectivity index (χ1n) is 8.53. The van der Waals surface area contributed by atoms with Gasteiger partial charge in [-0.2, -0.15) is 0 Å². The summed E-state index contributed by atoms with van der Waals surface area (Å²) in [5.41, 5.74) is 1.74. The molecule has 0 radical (unpaired) electrons. The highest BCUT2D eigenvalue weighted by atomic mass is 16.5. The molecule has 1 N–H and O–H groups in total. The van der Waals surface area contributed by atoms with Crippen molar-refractivity contribution in [3.63, 3.8) is 0 Å². The van der Waals surface area contributed by atoms with E-state index >= 15 is 0 Å². The minimum Gasteiger partial charge on any atom is -0.480 e. The number of nitrogens with zero attached hydrogens (tertiary/aromatic N) is 3. The Morgan fingerprint density at radius 2 is 1.83 bits per heavy atom. The molecule has 134 valence electrons. The van der Waals surface area contributed by atoms with E-state index in [9.17, 15) is 0 Å². The van der Waals surface area contributed by atoms with Gasteiger partial charge in [0.1, 0.15) is 17.0 Å². The molecule has 6 nitrogen and oxygen atoms in total. The Bertz CT molecular complexity index is 644. The Balaban J connectivity index is 0.00000139. The Morgan fingerprint density at radius 1 is 1.12 bits per heavy atom. The predicted molar refractivity (Wildman–Crippen MR) is 99.0 cm³/mol. The molecule has 2 aromatic heterocycles. The highest BCUT2D eigenvalue weighted by Crippen LogP contribution is 2.30. The van der Waals surface area contributed by atoms with E-state index in [0.717, 1.165) is 41.2 Å². The Morgan fingerprint density at radius 3 is 2.42 bits per heavy atom. The number of anilines is 1. The summed E-state index contributed by atoms with van der Waals surface area (Å²) in [4.78, 5) is 13.7. The van der Waals surface area contributed by atoms with Gasteiger partial charge in [-0.1, -0.05) is 27.7 Å². The third kappa shape index (κ3) is 5.03. The van der Waals surface area contributed by atoms with Gasteiger partial charge in [-0.15, -0.1) is 0 Å². The fraction of sp³-hybridized carbons (Fsp3) is 0.611. The van der Waals surface area contributed by atoms with Crippen LogP contribution >= 0.6 is 0 Å². The SMILES string of the molecule is CC.COCCCNc1nc(C(C)C)nc2cc(C)nc(OC)c12. The molecule has 0 saturated carbocycles. The van der Waals surface area contributed by atoms with E-state index in [0.29, 0.717) is 12.5 Å². The highest BCUT2D eigenvalue weighted by Gasteiger charge is 2.15. The highest BCUT2D eigenvalue weighted by molar-refractivity contribution is 5.93. The van der Waals surface area contributed by atoms with Crippen molar-refractivity contribution < 1.29 is 9.47 Å². The molecule has 2 aromatic rings. The first kappa shape index (κ1) is 20.1. The van der Waals surface area contributed by atoms with Crippen molar-refractivity contribution in [1.29, 1.82) is 0 Å². The number of methoxy groups -OCH3 is 2. The fourth-order valence-electron chi connectivity index (χ4n) is 2.21. The third-order valence-electron chi connectivity index (χ3n) is 3.32. The second kappa shape index (κ2) is 10.0. The lowest BCUT2D eigenvalue weighted by atomic mass is 10.2. The predicted octanol–water partition coefficient (Wildman–Crippen LogP) is 3.94. The van der Waals surface area contributed by atoms with Crippen LogP contribution < -0.4 is 10.1 Å². The summed E-state index contributed by atoms with van der Waals surface area (Å²) in [5, 5.41) is 4.19. The number of ether oxygens (including phenoxy) is 2. The second-order valence-electron chi connectivity index (χ2n) is 5.53. The molecule has 0 saturated heterocycles. The Labute approximate surface area is 145 Å². The molecule has 0 bridgehead atoms. The molecule has 0 unspecified atom stereocenters. The molecular formula is C18H30N4O2. The van der Waals surface area contributed by atoms with Crippen LogP contribution in [-0.2, 0) is 4.74 Å². The number of fused-ring (bicyclic) bond motifs is 1. The summed E-state index contributed by atoms with van der Waals surface area (Å²) in [7, 11) is 3.32. The summed E-state index contributed by atoms with van der Waals surface area (Å²) in [5.74, 6) is 2.39. The van der Waals surface area contributed by atoms with Crippen molar-refractivity contribution in [3.8, 4) is 5.88 Å². The van der Waals surface area contributed by atoms with E-state index in [2.05, 4.69) is 34.1 Å². The lowest BCUT2D eigenvalue weighted by molar-refractivity contribution is 0.198. The van der Waals surface area contributed by atoms with E-state index in [1.165, 1.54) is 0 Å². The molecule has 6 heteroatoms. The average molecular weight is 334 g/mol. The molecule has 24 heavy (non-hydrogen) atoms. The quantitative estimate of drug-likeness (QED) is 0.774. The van der Waals surface area contributed by atoms with E-state index in [1.807, 2.05) is 26.8 Å². The molecule has 0 spiro atoms. The van der Waals surface area contributed by atoms with Crippen LogP contribution in [0.3, 0.4) is 0 Å². The topological polar surface area (TPSA) is 69.2 Å². The maximum Gasteiger partial charge on any atom is 0.226 e. The maximum atomic E-state index is 5.42. The zero-order chi connectivity index (χ0) is 18.1. The number of pyridine rings is 1. The molecular weight excluding hydrogens is 304 g/mol. The molecule has 0 atom stereocenters. The minimum absolute atomic E-state index is 0.253. The van der Waals surface area contributed by atoms with Crippen LogP contribution in [0.15, 0.2) is 6.07 Å². The fourth-order valence-corrected chi connectivity index (χ4v) is 2.21. The van der Waals surface area contributed by atoms with Gasteiger partial charge in [-0.05, 0) is 19.4 Å². The van der Waals surface area contributed by atoms with Gasteiger partial charge in [-0.25, -0.2) is 15.0 Å². The number of aromatic nitrogens is 3. The largest absolute Gasteiger partial charge is 0.480 e. The van der Waals surface area contributed by atoms with Crippen LogP contribution in [0.25, 0.3) is 10.9 Å². The van der Waals surface area contributed by atoms with E-state index in [4.69, 9.17) is 9.47 Å². The lowest BCUT2D eigenvalue weighted by Crippen LogP contribution is -2.10. The van der Waals surface area contributed by atoms with Gasteiger partial charge in [0.2, 0.25) is 5.88 Å². The van der Waals surface area contributed by atoms with E-state index in [1.54, 1.807) is 14.2 Å². The Kier molecular flexibility index (Phi) is 8.40. The van der Waals surface area contributed by atoms with Crippen molar-refractivity contribution in [3.05, 3.63) is 17.6 Å². The molecule has 0 fully saturated rings. The summed E-state index contributed by atoms with van der Waals surface area (Å²) < 4.78 is 10.5. The normalized spacial score (nSPS) is 10.5. The van der Waals surface area contributed by atoms with E-state index in [-0.39, 0.29) is 5.92 Å². The van der Waals surface area contributed by atoms with Gasteiger partial charge >= 0.3 is 0 Å². The molecule has 0 aromatic carbocycles. The zero-order valence-electron chi connectivity index (χ0n) is 15.9. The van der Waals surface area contributed by atoms with Crippen molar-refractivity contribution in [2.75, 3.05) is 32.7 Å². The molecule has 0 aliphatic heterocycles. The molecule has 0 aliphatic rings. The molecule has 0 amide bonds. The Hall–Kier alpha value is -1.95. The van der Waals surface area contributed by atoms with E-state index < -0.39 is 0 Å². The van der Waals surface area contributed by atoms with Gasteiger partial charge in [0.05, 0.1) is 12.6 Å². The first-order valence-corrected chi connectivity index (χ1v) is 8.53. The van der Waals surface area contributed by atoms with Crippen LogP contribution in [-0.4, -0.2) is 42.3 Å². The van der Waals surface area contributed by atoms with Gasteiger partial charge in [0.25, 0.3) is 0 Å². The van der Waals surface area contributed by atoms with Gasteiger partial charge in [0, 0.05) is 31.9 Å². The number of nitrogens with one attached hydrogen (secondary N) is 1. The van der Waals surface area contributed by atoms with Crippen LogP contribution in [0.5, 0.6) is 5.88 Å². The minimum atomic E-state index is 0.253. The lowest BCUT2D eigenvalue weighted by Gasteiger charge is -2.14. The summed E-state index contributed by atoms with van der Waals surface area (Å²) in [6.45, 7) is 11.6. The summed E-state index contributed by atoms with van der Waals surface area (Å²) in [6.07, 6.45) is 0.903. The monoisotopic (exact) mass is 334 g/mol. The summed E-state index contributed by atoms with van der Waals surface area (Å²) in [6, 6.07) is 1.96. The molecule has 0 aliphatic carbocycles. The first-order chi connectivity index (χ1) is 11.6. The number of hydrogen-bond acceptors (Lipinski definition) is 6. The number of hydrogen-bond donors (Lipinski definition) is 1. The molecule has 2 rings (SSSR count). The van der Waals surface area contributed by atoms with Crippen LogP contribution in [0.4, 0.5) is 5.82 Å². The molecule has 2 heterocycles. The van der Waals surface area contributed by atoms with Crippen LogP contribution in [0.1, 0.15) is 51.6 Å².